The second-order valence-corrected chi connectivity index (χ2v) is 4.47. The van der Waals surface area contributed by atoms with Crippen LogP contribution in [0.3, 0.4) is 0 Å². The molecule has 1 unspecified atom stereocenters. The first-order chi connectivity index (χ1) is 19.9. The van der Waals surface area contributed by atoms with Gasteiger partial charge in [-0.3, -0.25) is 0 Å². The minimum atomic E-state index is -3.92. The van der Waals surface area contributed by atoms with Crippen LogP contribution in [0.15, 0.2) is 42.3 Å². The fraction of sp³-hybridized carbons (Fsp3) is 0.429. The summed E-state index contributed by atoms with van der Waals surface area (Å²) in [6.45, 7) is -2.58. The summed E-state index contributed by atoms with van der Waals surface area (Å²) in [6.07, 6.45) is -12.8. The van der Waals surface area contributed by atoms with E-state index in [1.807, 2.05) is 0 Å². The summed E-state index contributed by atoms with van der Waals surface area (Å²) in [7, 11) is -6.69. The van der Waals surface area contributed by atoms with E-state index in [0.717, 1.165) is 0 Å². The van der Waals surface area contributed by atoms with E-state index in [0.29, 0.717) is 0 Å². The van der Waals surface area contributed by atoms with Crippen LogP contribution in [0.2, 0.25) is 0 Å². The Morgan fingerprint density at radius 3 is 2.84 bits per heavy atom. The molecule has 0 saturated heterocycles. The largest absolute Gasteiger partial charge is 0.493 e. The van der Waals surface area contributed by atoms with Crippen molar-refractivity contribution in [2.45, 2.75) is 38.6 Å². The Hall–Kier alpha value is -2.20. The standard InChI is InChI=1S/C21H28O4/c1-16-7-6-10-19(13-16)25-15-18(22)9-5-4-8-17-11-12-20(23-2)21(14-17)24-3/h6-7,10-14,18,22H,4-5,8-9,15H2,1-3H3/i2D3,3D3,6D,7D,8D2,9D2,10D,11D,12D,13D,14D,15D2,18D. The summed E-state index contributed by atoms with van der Waals surface area (Å²) < 4.78 is 172. The molecule has 1 atom stereocenters. The minimum Gasteiger partial charge on any atom is -0.493 e. The van der Waals surface area contributed by atoms with Gasteiger partial charge in [-0.2, -0.15) is 0 Å². The number of benzene rings is 2. The number of methoxy groups -OCH3 is 2. The smallest absolute Gasteiger partial charge is 0.160 e. The van der Waals surface area contributed by atoms with E-state index in [1.165, 1.54) is 6.92 Å². The maximum Gasteiger partial charge on any atom is 0.160 e. The van der Waals surface area contributed by atoms with E-state index in [1.54, 1.807) is 0 Å². The summed E-state index contributed by atoms with van der Waals surface area (Å²) >= 11 is 0. The lowest BCUT2D eigenvalue weighted by molar-refractivity contribution is 0.0976. The number of hydrogen-bond acceptors (Lipinski definition) is 4. The highest BCUT2D eigenvalue weighted by Crippen LogP contribution is 2.28. The van der Waals surface area contributed by atoms with Crippen molar-refractivity contribution in [1.29, 1.82) is 0 Å². The van der Waals surface area contributed by atoms with Gasteiger partial charge in [0.2, 0.25) is 0 Å². The highest BCUT2D eigenvalue weighted by atomic mass is 16.5. The molecule has 0 aliphatic carbocycles. The summed E-state index contributed by atoms with van der Waals surface area (Å²) in [5, 5.41) is 10.7. The quantitative estimate of drug-likeness (QED) is 0.687. The Balaban J connectivity index is 2.55. The van der Waals surface area contributed by atoms with Crippen molar-refractivity contribution in [2.24, 2.45) is 0 Å². The van der Waals surface area contributed by atoms with Gasteiger partial charge in [0.25, 0.3) is 0 Å². The Morgan fingerprint density at radius 1 is 1.16 bits per heavy atom. The molecule has 0 aliphatic rings. The molecule has 2 aromatic carbocycles. The lowest BCUT2D eigenvalue weighted by Gasteiger charge is -2.13. The molecule has 0 aromatic heterocycles. The Kier molecular flexibility index (Phi) is 2.25. The minimum absolute atomic E-state index is 0.213. The second-order valence-electron chi connectivity index (χ2n) is 4.47. The van der Waals surface area contributed by atoms with E-state index < -0.39 is 117 Å². The van der Waals surface area contributed by atoms with Crippen molar-refractivity contribution in [2.75, 3.05) is 20.6 Å². The average molecular weight is 365 g/mol. The zero-order valence-corrected chi connectivity index (χ0v) is 13.1. The first-order valence-corrected chi connectivity index (χ1v) is 6.91. The third kappa shape index (κ3) is 6.31. The molecule has 0 fully saturated rings. The van der Waals surface area contributed by atoms with Crippen molar-refractivity contribution >= 4 is 0 Å². The van der Waals surface area contributed by atoms with Crippen LogP contribution in [0, 0.1) is 6.92 Å². The molecule has 0 bridgehead atoms. The van der Waals surface area contributed by atoms with Crippen LogP contribution in [-0.4, -0.2) is 31.8 Å². The van der Waals surface area contributed by atoms with Crippen molar-refractivity contribution in [3.05, 3.63) is 53.4 Å². The molecule has 136 valence electrons. The van der Waals surface area contributed by atoms with Gasteiger partial charge >= 0.3 is 0 Å². The number of ether oxygens (including phenoxy) is 3. The van der Waals surface area contributed by atoms with Gasteiger partial charge in [0, 0.05) is 5.48 Å². The molecule has 1 N–H and O–H groups in total. The summed E-state index contributed by atoms with van der Waals surface area (Å²) in [6, 6.07) is -6.59. The van der Waals surface area contributed by atoms with Crippen LogP contribution in [0.5, 0.6) is 17.2 Å². The van der Waals surface area contributed by atoms with Gasteiger partial charge in [0.05, 0.1) is 42.1 Å². The molecule has 0 amide bonds. The molecule has 0 heterocycles. The third-order valence-corrected chi connectivity index (χ3v) is 2.65. The molecule has 4 nitrogen and oxygen atoms in total. The second kappa shape index (κ2) is 9.94. The molecule has 2 rings (SSSR count). The number of rotatable bonds is 10. The fourth-order valence-corrected chi connectivity index (χ4v) is 1.58. The first kappa shape index (κ1) is 5.65. The van der Waals surface area contributed by atoms with Crippen LogP contribution in [0.25, 0.3) is 0 Å². The molecule has 25 heavy (non-hydrogen) atoms. The van der Waals surface area contributed by atoms with Crippen LogP contribution in [-0.2, 0) is 6.37 Å². The molecular weight excluding hydrogens is 316 g/mol. The van der Waals surface area contributed by atoms with E-state index in [4.69, 9.17) is 32.2 Å². The lowest BCUT2D eigenvalue weighted by atomic mass is 10.0. The maximum absolute atomic E-state index is 10.7. The zero-order valence-electron chi connectivity index (χ0n) is 33.1. The highest BCUT2D eigenvalue weighted by molar-refractivity contribution is 5.42. The molecule has 0 spiro atoms. The third-order valence-electron chi connectivity index (χ3n) is 2.65. The summed E-state index contributed by atoms with van der Waals surface area (Å²) in [4.78, 5) is 0. The van der Waals surface area contributed by atoms with Crippen molar-refractivity contribution in [3.8, 4) is 17.2 Å². The van der Waals surface area contributed by atoms with E-state index in [-0.39, 0.29) is 5.56 Å². The van der Waals surface area contributed by atoms with Crippen molar-refractivity contribution in [3.63, 3.8) is 0 Å². The van der Waals surface area contributed by atoms with Crippen molar-refractivity contribution < 1.29 is 46.7 Å². The average Bonchev–Trinajstić information content (AvgIpc) is 2.87. The molecule has 0 aliphatic heterocycles. The highest BCUT2D eigenvalue weighted by Gasteiger charge is 2.07. The van der Waals surface area contributed by atoms with Crippen LogP contribution in [0.4, 0.5) is 0 Å². The van der Waals surface area contributed by atoms with Crippen LogP contribution < -0.4 is 14.2 Å². The van der Waals surface area contributed by atoms with Gasteiger partial charge in [0.1, 0.15) is 12.3 Å². The van der Waals surface area contributed by atoms with E-state index in [2.05, 4.69) is 9.47 Å². The van der Waals surface area contributed by atoms with Gasteiger partial charge < -0.3 is 19.3 Å². The Morgan fingerprint density at radius 2 is 2.00 bits per heavy atom. The summed E-state index contributed by atoms with van der Waals surface area (Å²) in [5.41, 5.74) is -1.28. The maximum atomic E-state index is 10.7. The molecule has 4 heteroatoms. The van der Waals surface area contributed by atoms with Crippen LogP contribution >= 0.6 is 0 Å². The molecule has 2 aromatic rings. The molecule has 0 saturated carbocycles. The van der Waals surface area contributed by atoms with Gasteiger partial charge in [-0.05, 0) is 61.4 Å². The molecule has 0 radical (unpaired) electrons. The fourth-order valence-electron chi connectivity index (χ4n) is 1.58. The van der Waals surface area contributed by atoms with E-state index >= 15 is 0 Å². The predicted molar refractivity (Wildman–Crippen MR) is 99.8 cm³/mol. The predicted octanol–water partition coefficient (Wildman–Crippen LogP) is 4.16. The first-order valence-electron chi connectivity index (χ1n) is 16.9. The summed E-state index contributed by atoms with van der Waals surface area (Å²) in [5.74, 6) is -3.37. The van der Waals surface area contributed by atoms with E-state index in [9.17, 15) is 5.11 Å². The van der Waals surface area contributed by atoms with Gasteiger partial charge in [-0.1, -0.05) is 24.5 Å². The van der Waals surface area contributed by atoms with Crippen molar-refractivity contribution in [1.82, 2.24) is 0 Å². The van der Waals surface area contributed by atoms with Crippen LogP contribution in [0.1, 0.15) is 57.8 Å². The Bertz CT molecular complexity index is 1420. The topological polar surface area (TPSA) is 47.9 Å². The number of aliphatic hydroxyl groups is 1. The lowest BCUT2D eigenvalue weighted by Crippen LogP contribution is -2.17. The van der Waals surface area contributed by atoms with Gasteiger partial charge in [0.15, 0.2) is 11.5 Å². The SMILES string of the molecule is [2H]c1c([2H])c(C)c([2H])c(OC([2H])([2H])C([2H])(O)C([2H])([2H])CCC([2H])([2H])c2c([2H])c([2H])c(OC([2H])([2H])[2H])c(OC([2H])([2H])[2H])c2[2H])c1[2H]. The van der Waals surface area contributed by atoms with Gasteiger partial charge in [-0.25, -0.2) is 0 Å². The van der Waals surface area contributed by atoms with Gasteiger partial charge in [-0.15, -0.1) is 0 Å². The molecular formula is C21H28O4. The Labute approximate surface area is 178 Å². The number of hydrogen-bond donors (Lipinski definition) is 1. The normalized spacial score (nSPS) is 27.4. The zero-order chi connectivity index (χ0) is 35.5. The monoisotopic (exact) mass is 364 g/mol.